The Balaban J connectivity index is 1.59. The van der Waals surface area contributed by atoms with Gasteiger partial charge < -0.3 is 9.64 Å². The van der Waals surface area contributed by atoms with E-state index in [2.05, 4.69) is 17.0 Å². The van der Waals surface area contributed by atoms with Crippen molar-refractivity contribution in [1.82, 2.24) is 4.90 Å². The maximum absolute atomic E-state index is 13.2. The lowest BCUT2D eigenvalue weighted by Crippen LogP contribution is -2.57. The van der Waals surface area contributed by atoms with Crippen LogP contribution in [0.1, 0.15) is 44.1 Å². The number of amides is 1. The van der Waals surface area contributed by atoms with Crippen LogP contribution in [0.5, 0.6) is 0 Å². The molecule has 0 aromatic heterocycles. The normalized spacial score (nSPS) is 30.6. The minimum absolute atomic E-state index is 0.222. The Morgan fingerprint density at radius 2 is 1.90 bits per heavy atom. The van der Waals surface area contributed by atoms with Crippen molar-refractivity contribution in [2.45, 2.75) is 56.1 Å². The van der Waals surface area contributed by atoms with Gasteiger partial charge >= 0.3 is 0 Å². The van der Waals surface area contributed by atoms with E-state index in [-0.39, 0.29) is 11.5 Å². The first-order chi connectivity index (χ1) is 10.3. The van der Waals surface area contributed by atoms with Crippen molar-refractivity contribution < 1.29 is 9.53 Å². The lowest BCUT2D eigenvalue weighted by atomic mass is 9.87. The third-order valence-electron chi connectivity index (χ3n) is 5.48. The van der Waals surface area contributed by atoms with Crippen LogP contribution in [-0.4, -0.2) is 36.1 Å². The Morgan fingerprint density at radius 1 is 1.14 bits per heavy atom. The van der Waals surface area contributed by atoms with Gasteiger partial charge in [-0.05, 0) is 31.2 Å². The topological polar surface area (TPSA) is 29.5 Å². The number of rotatable bonds is 2. The number of morpholine rings is 1. The fraction of sp³-hybridized carbons (Fsp3) is 0.611. The van der Waals surface area contributed by atoms with E-state index in [1.165, 1.54) is 18.4 Å². The molecule has 2 saturated carbocycles. The zero-order chi connectivity index (χ0) is 14.3. The van der Waals surface area contributed by atoms with Crippen molar-refractivity contribution >= 4 is 5.91 Å². The van der Waals surface area contributed by atoms with Gasteiger partial charge in [-0.3, -0.25) is 4.79 Å². The highest BCUT2D eigenvalue weighted by atomic mass is 16.5. The van der Waals surface area contributed by atoms with Gasteiger partial charge in [0.2, 0.25) is 5.91 Å². The molecule has 1 aromatic carbocycles. The van der Waals surface area contributed by atoms with Gasteiger partial charge in [-0.1, -0.05) is 43.2 Å². The molecule has 3 aliphatic rings. The van der Waals surface area contributed by atoms with E-state index in [1.54, 1.807) is 0 Å². The number of hydrogen-bond acceptors (Lipinski definition) is 2. The molecule has 2 aliphatic carbocycles. The highest BCUT2D eigenvalue weighted by Gasteiger charge is 2.54. The molecular weight excluding hydrogens is 262 g/mol. The molecule has 0 radical (unpaired) electrons. The number of carbonyl (C=O) groups is 1. The van der Waals surface area contributed by atoms with Gasteiger partial charge in [-0.2, -0.15) is 0 Å². The molecule has 1 saturated heterocycles. The summed E-state index contributed by atoms with van der Waals surface area (Å²) in [5.41, 5.74) is 0.981. The molecule has 4 rings (SSSR count). The van der Waals surface area contributed by atoms with E-state index in [0.29, 0.717) is 18.6 Å². The number of ether oxygens (including phenoxy) is 1. The molecule has 0 spiro atoms. The van der Waals surface area contributed by atoms with Crippen molar-refractivity contribution in [1.29, 1.82) is 0 Å². The first-order valence-electron chi connectivity index (χ1n) is 8.29. The highest BCUT2D eigenvalue weighted by Crippen LogP contribution is 2.50. The fourth-order valence-electron chi connectivity index (χ4n) is 4.13. The molecular formula is C18H23NO2. The number of carbonyl (C=O) groups excluding carboxylic acids is 1. The molecule has 1 amide bonds. The molecule has 1 aromatic rings. The van der Waals surface area contributed by atoms with Crippen LogP contribution >= 0.6 is 0 Å². The fourth-order valence-corrected chi connectivity index (χ4v) is 4.13. The lowest BCUT2D eigenvalue weighted by molar-refractivity contribution is -0.152. The second-order valence-corrected chi connectivity index (χ2v) is 6.71. The van der Waals surface area contributed by atoms with Crippen LogP contribution < -0.4 is 0 Å². The van der Waals surface area contributed by atoms with Gasteiger partial charge in [0.05, 0.1) is 24.2 Å². The largest absolute Gasteiger partial charge is 0.374 e. The van der Waals surface area contributed by atoms with E-state index in [4.69, 9.17) is 4.74 Å². The molecule has 112 valence electrons. The summed E-state index contributed by atoms with van der Waals surface area (Å²) in [5, 5.41) is 0. The first kappa shape index (κ1) is 13.3. The van der Waals surface area contributed by atoms with E-state index in [0.717, 1.165) is 32.2 Å². The van der Waals surface area contributed by atoms with E-state index in [9.17, 15) is 4.79 Å². The highest BCUT2D eigenvalue weighted by molar-refractivity contribution is 5.91. The second-order valence-electron chi connectivity index (χ2n) is 6.71. The van der Waals surface area contributed by atoms with Crippen LogP contribution in [0.4, 0.5) is 0 Å². The molecule has 2 unspecified atom stereocenters. The van der Waals surface area contributed by atoms with Crippen molar-refractivity contribution in [3.05, 3.63) is 35.9 Å². The van der Waals surface area contributed by atoms with Crippen LogP contribution in [0.2, 0.25) is 0 Å². The van der Waals surface area contributed by atoms with Gasteiger partial charge in [-0.15, -0.1) is 0 Å². The summed E-state index contributed by atoms with van der Waals surface area (Å²) in [6.45, 7) is 1.48. The van der Waals surface area contributed by atoms with Gasteiger partial charge in [0.1, 0.15) is 0 Å². The molecule has 21 heavy (non-hydrogen) atoms. The molecule has 3 nitrogen and oxygen atoms in total. The first-order valence-corrected chi connectivity index (χ1v) is 8.29. The number of hydrogen-bond donors (Lipinski definition) is 0. The van der Waals surface area contributed by atoms with Crippen LogP contribution in [0.15, 0.2) is 30.3 Å². The minimum Gasteiger partial charge on any atom is -0.374 e. The van der Waals surface area contributed by atoms with Gasteiger partial charge in [0.15, 0.2) is 0 Å². The van der Waals surface area contributed by atoms with E-state index < -0.39 is 0 Å². The average molecular weight is 285 g/mol. The maximum Gasteiger partial charge on any atom is 0.233 e. The third-order valence-corrected chi connectivity index (χ3v) is 5.48. The van der Waals surface area contributed by atoms with Crippen LogP contribution in [0, 0.1) is 0 Å². The molecule has 1 aliphatic heterocycles. The molecule has 1 heterocycles. The average Bonchev–Trinajstić information content (AvgIpc) is 3.36. The quantitative estimate of drug-likeness (QED) is 0.836. The summed E-state index contributed by atoms with van der Waals surface area (Å²) >= 11 is 0. The minimum atomic E-state index is -0.222. The Labute approximate surface area is 126 Å². The van der Waals surface area contributed by atoms with Crippen LogP contribution in [0.3, 0.4) is 0 Å². The molecule has 0 N–H and O–H groups in total. The van der Waals surface area contributed by atoms with Crippen LogP contribution in [-0.2, 0) is 14.9 Å². The Kier molecular flexibility index (Phi) is 3.26. The van der Waals surface area contributed by atoms with E-state index >= 15 is 0 Å². The van der Waals surface area contributed by atoms with Crippen molar-refractivity contribution in [3.8, 4) is 0 Å². The van der Waals surface area contributed by atoms with Gasteiger partial charge in [0, 0.05) is 6.54 Å². The molecule has 2 atom stereocenters. The molecule has 3 fully saturated rings. The summed E-state index contributed by atoms with van der Waals surface area (Å²) in [6.07, 6.45) is 6.99. The number of nitrogens with zero attached hydrogens (tertiary/aromatic N) is 1. The lowest BCUT2D eigenvalue weighted by Gasteiger charge is -2.45. The summed E-state index contributed by atoms with van der Waals surface area (Å²) in [5.74, 6) is 0.355. The van der Waals surface area contributed by atoms with Crippen molar-refractivity contribution in [3.63, 3.8) is 0 Å². The standard InChI is InChI=1S/C18H23NO2/c20-17(18(10-11-18)14-6-2-1-3-7-14)19-12-13-21-16-9-5-4-8-15(16)19/h1-3,6-7,15-16H,4-5,8-13H2. The predicted molar refractivity (Wildman–Crippen MR) is 81.1 cm³/mol. The van der Waals surface area contributed by atoms with Crippen molar-refractivity contribution in [2.24, 2.45) is 0 Å². The Bertz CT molecular complexity index is 521. The van der Waals surface area contributed by atoms with Crippen molar-refractivity contribution in [2.75, 3.05) is 13.2 Å². The molecule has 0 bridgehead atoms. The summed E-state index contributed by atoms with van der Waals surface area (Å²) in [6, 6.07) is 10.7. The monoisotopic (exact) mass is 285 g/mol. The van der Waals surface area contributed by atoms with Gasteiger partial charge in [-0.25, -0.2) is 0 Å². The van der Waals surface area contributed by atoms with Gasteiger partial charge in [0.25, 0.3) is 0 Å². The maximum atomic E-state index is 13.2. The second kappa shape index (κ2) is 5.13. The van der Waals surface area contributed by atoms with Crippen LogP contribution in [0.25, 0.3) is 0 Å². The summed E-state index contributed by atoms with van der Waals surface area (Å²) in [4.78, 5) is 15.4. The Hall–Kier alpha value is -1.35. The SMILES string of the molecule is O=C(N1CCOC2CCCCC21)C1(c2ccccc2)CC1. The number of benzene rings is 1. The molecule has 3 heteroatoms. The number of fused-ring (bicyclic) bond motifs is 1. The predicted octanol–water partition coefficient (Wildman–Crippen LogP) is 2.89. The smallest absolute Gasteiger partial charge is 0.233 e. The van der Waals surface area contributed by atoms with E-state index in [1.807, 2.05) is 18.2 Å². The summed E-state index contributed by atoms with van der Waals surface area (Å²) in [7, 11) is 0. The third kappa shape index (κ3) is 2.18. The summed E-state index contributed by atoms with van der Waals surface area (Å²) < 4.78 is 5.91. The zero-order valence-corrected chi connectivity index (χ0v) is 12.5. The zero-order valence-electron chi connectivity index (χ0n) is 12.5. The Morgan fingerprint density at radius 3 is 2.67 bits per heavy atom.